The summed E-state index contributed by atoms with van der Waals surface area (Å²) in [6, 6.07) is 31.3. The number of nitrogens with zero attached hydrogens (tertiary/aromatic N) is 3. The number of fused-ring (bicyclic) bond motifs is 2. The fraction of sp³-hybridized carbons (Fsp3) is 0.306. The number of hydrogen-bond donors (Lipinski definition) is 3. The number of rotatable bonds is 9. The van der Waals surface area contributed by atoms with Gasteiger partial charge in [-0.2, -0.15) is 4.98 Å². The van der Waals surface area contributed by atoms with E-state index in [-0.39, 0.29) is 11.9 Å². The lowest BCUT2D eigenvalue weighted by atomic mass is 9.91. The van der Waals surface area contributed by atoms with Gasteiger partial charge in [0.2, 0.25) is 5.95 Å². The van der Waals surface area contributed by atoms with E-state index in [1.807, 2.05) is 67.5 Å². The number of amides is 1. The van der Waals surface area contributed by atoms with Crippen molar-refractivity contribution in [2.45, 2.75) is 57.3 Å². The minimum Gasteiger partial charge on any atom is -0.362 e. The molecule has 0 aliphatic heterocycles. The molecule has 1 aliphatic carbocycles. The molecule has 1 aliphatic rings. The fourth-order valence-electron chi connectivity index (χ4n) is 6.22. The molecule has 0 spiro atoms. The number of hydrogen-bond acceptors (Lipinski definition) is 6. The molecule has 3 N–H and O–H groups in total. The highest BCUT2D eigenvalue weighted by atomic mass is 16.1. The highest BCUT2D eigenvalue weighted by Gasteiger charge is 2.23. The maximum atomic E-state index is 13.4. The van der Waals surface area contributed by atoms with Gasteiger partial charge in [0.25, 0.3) is 5.91 Å². The van der Waals surface area contributed by atoms with Crippen molar-refractivity contribution < 1.29 is 4.79 Å². The van der Waals surface area contributed by atoms with E-state index in [0.29, 0.717) is 24.6 Å². The van der Waals surface area contributed by atoms with Crippen LogP contribution in [0.15, 0.2) is 91.0 Å². The average molecular weight is 573 g/mol. The Labute approximate surface area is 253 Å². The molecule has 1 amide bonds. The van der Waals surface area contributed by atoms with Crippen molar-refractivity contribution in [2.75, 3.05) is 24.3 Å². The van der Waals surface area contributed by atoms with E-state index < -0.39 is 0 Å². The summed E-state index contributed by atoms with van der Waals surface area (Å²) in [5.41, 5.74) is 3.82. The number of nitrogens with one attached hydrogen (secondary N) is 3. The SMILES string of the molecule is C[C@@H](NC(=O)c1ccccc1CN[C@H]1CC[C@@H](Nc2nc(N(C)C)c3ccccc3n2)CC1)c1cccc2ccccc12. The first kappa shape index (κ1) is 28.6. The Morgan fingerprint density at radius 3 is 2.30 bits per heavy atom. The molecule has 0 radical (unpaired) electrons. The summed E-state index contributed by atoms with van der Waals surface area (Å²) in [4.78, 5) is 25.1. The van der Waals surface area contributed by atoms with E-state index in [0.717, 1.165) is 59.1 Å². The highest BCUT2D eigenvalue weighted by Crippen LogP contribution is 2.27. The second-order valence-electron chi connectivity index (χ2n) is 11.8. The molecule has 0 bridgehead atoms. The van der Waals surface area contributed by atoms with Gasteiger partial charge in [0, 0.05) is 43.7 Å². The van der Waals surface area contributed by atoms with E-state index in [2.05, 4.69) is 65.3 Å². The summed E-state index contributed by atoms with van der Waals surface area (Å²) in [6.07, 6.45) is 4.18. The van der Waals surface area contributed by atoms with Crippen molar-refractivity contribution >= 4 is 39.3 Å². The Kier molecular flexibility index (Phi) is 8.52. The first-order valence-corrected chi connectivity index (χ1v) is 15.3. The topological polar surface area (TPSA) is 82.2 Å². The molecule has 0 saturated heterocycles. The lowest BCUT2D eigenvalue weighted by Gasteiger charge is -2.30. The third-order valence-corrected chi connectivity index (χ3v) is 8.55. The molecule has 5 aromatic rings. The quantitative estimate of drug-likeness (QED) is 0.179. The van der Waals surface area contributed by atoms with Crippen LogP contribution in [0.5, 0.6) is 0 Å². The molecule has 1 atom stereocenters. The number of anilines is 2. The van der Waals surface area contributed by atoms with Gasteiger partial charge in [-0.3, -0.25) is 4.79 Å². The number of benzene rings is 4. The summed E-state index contributed by atoms with van der Waals surface area (Å²) >= 11 is 0. The van der Waals surface area contributed by atoms with E-state index in [4.69, 9.17) is 9.97 Å². The van der Waals surface area contributed by atoms with Crippen molar-refractivity contribution in [2.24, 2.45) is 0 Å². The molecule has 7 nitrogen and oxygen atoms in total. The summed E-state index contributed by atoms with van der Waals surface area (Å²) < 4.78 is 0. The van der Waals surface area contributed by atoms with Crippen LogP contribution in [0.4, 0.5) is 11.8 Å². The predicted octanol–water partition coefficient (Wildman–Crippen LogP) is 6.85. The van der Waals surface area contributed by atoms with Crippen LogP contribution in [0.2, 0.25) is 0 Å². The van der Waals surface area contributed by atoms with Crippen molar-refractivity contribution in [1.29, 1.82) is 0 Å². The molecule has 0 unspecified atom stereocenters. The third kappa shape index (κ3) is 6.47. The highest BCUT2D eigenvalue weighted by molar-refractivity contribution is 5.96. The number of aromatic nitrogens is 2. The monoisotopic (exact) mass is 572 g/mol. The molecule has 7 heteroatoms. The summed E-state index contributed by atoms with van der Waals surface area (Å²) in [5.74, 6) is 1.58. The molecule has 1 fully saturated rings. The summed E-state index contributed by atoms with van der Waals surface area (Å²) in [7, 11) is 4.03. The lowest BCUT2D eigenvalue weighted by molar-refractivity contribution is 0.0939. The van der Waals surface area contributed by atoms with Gasteiger partial charge in [0.15, 0.2) is 0 Å². The number of para-hydroxylation sites is 1. The smallest absolute Gasteiger partial charge is 0.252 e. The van der Waals surface area contributed by atoms with Gasteiger partial charge < -0.3 is 20.9 Å². The van der Waals surface area contributed by atoms with Gasteiger partial charge in [-0.05, 0) is 72.7 Å². The van der Waals surface area contributed by atoms with Gasteiger partial charge in [0.05, 0.1) is 11.6 Å². The molecule has 43 heavy (non-hydrogen) atoms. The molecular formula is C36H40N6O. The van der Waals surface area contributed by atoms with Crippen molar-refractivity contribution in [1.82, 2.24) is 20.6 Å². The second kappa shape index (κ2) is 12.8. The van der Waals surface area contributed by atoms with Crippen LogP contribution >= 0.6 is 0 Å². The molecule has 1 saturated carbocycles. The molecule has 1 aromatic heterocycles. The molecule has 4 aromatic carbocycles. The van der Waals surface area contributed by atoms with Gasteiger partial charge in [-0.1, -0.05) is 72.8 Å². The maximum absolute atomic E-state index is 13.4. The van der Waals surface area contributed by atoms with E-state index >= 15 is 0 Å². The minimum atomic E-state index is -0.109. The van der Waals surface area contributed by atoms with Gasteiger partial charge in [-0.25, -0.2) is 4.98 Å². The standard InChI is InChI=1S/C36H40N6O/c1-24(29-17-10-13-25-11-4-6-14-30(25)29)38-35(43)31-15-7-5-12-26(31)23-37-27-19-21-28(22-20-27)39-36-40-33-18-9-8-16-32(33)34(41-36)42(2)3/h4-18,24,27-28,37H,19-23H2,1-3H3,(H,38,43)(H,39,40,41)/t24-,27-,28+/m1/s1. The number of carbonyl (C=O) groups is 1. The van der Waals surface area contributed by atoms with Gasteiger partial charge in [-0.15, -0.1) is 0 Å². The molecule has 1 heterocycles. The van der Waals surface area contributed by atoms with Gasteiger partial charge in [0.1, 0.15) is 5.82 Å². The molecule has 220 valence electrons. The zero-order valence-electron chi connectivity index (χ0n) is 25.2. The van der Waals surface area contributed by atoms with Crippen LogP contribution in [-0.4, -0.2) is 42.1 Å². The zero-order chi connectivity index (χ0) is 29.8. The normalized spacial score (nSPS) is 17.5. The average Bonchev–Trinajstić information content (AvgIpc) is 3.03. The zero-order valence-corrected chi connectivity index (χ0v) is 25.2. The third-order valence-electron chi connectivity index (χ3n) is 8.55. The van der Waals surface area contributed by atoms with Crippen molar-refractivity contribution in [3.63, 3.8) is 0 Å². The lowest BCUT2D eigenvalue weighted by Crippen LogP contribution is -2.37. The van der Waals surface area contributed by atoms with E-state index in [1.54, 1.807) is 0 Å². The Hall–Kier alpha value is -4.49. The van der Waals surface area contributed by atoms with Crippen LogP contribution < -0.4 is 20.9 Å². The Morgan fingerprint density at radius 1 is 0.814 bits per heavy atom. The first-order chi connectivity index (χ1) is 21.0. The van der Waals surface area contributed by atoms with Crippen LogP contribution in [-0.2, 0) is 6.54 Å². The van der Waals surface area contributed by atoms with Crippen LogP contribution in [0.1, 0.15) is 60.1 Å². The Bertz CT molecular complexity index is 1720. The van der Waals surface area contributed by atoms with Crippen LogP contribution in [0.25, 0.3) is 21.7 Å². The Morgan fingerprint density at radius 2 is 1.49 bits per heavy atom. The van der Waals surface area contributed by atoms with Crippen LogP contribution in [0, 0.1) is 0 Å². The minimum absolute atomic E-state index is 0.0433. The molecule has 6 rings (SSSR count). The summed E-state index contributed by atoms with van der Waals surface area (Å²) in [5, 5.41) is 14.0. The first-order valence-electron chi connectivity index (χ1n) is 15.3. The van der Waals surface area contributed by atoms with Gasteiger partial charge >= 0.3 is 0 Å². The van der Waals surface area contributed by atoms with Crippen LogP contribution in [0.3, 0.4) is 0 Å². The Balaban J connectivity index is 1.05. The maximum Gasteiger partial charge on any atom is 0.252 e. The van der Waals surface area contributed by atoms with Crippen molar-refractivity contribution in [3.05, 3.63) is 108 Å². The fourth-order valence-corrected chi connectivity index (χ4v) is 6.22. The second-order valence-corrected chi connectivity index (χ2v) is 11.8. The number of carbonyl (C=O) groups excluding carboxylic acids is 1. The largest absolute Gasteiger partial charge is 0.362 e. The van der Waals surface area contributed by atoms with E-state index in [9.17, 15) is 4.79 Å². The molecular weight excluding hydrogens is 532 g/mol. The predicted molar refractivity (Wildman–Crippen MR) is 177 cm³/mol. The summed E-state index contributed by atoms with van der Waals surface area (Å²) in [6.45, 7) is 2.71. The van der Waals surface area contributed by atoms with E-state index in [1.165, 1.54) is 10.8 Å². The van der Waals surface area contributed by atoms with Crippen molar-refractivity contribution in [3.8, 4) is 0 Å².